The molecule has 162 valence electrons. The quantitative estimate of drug-likeness (QED) is 0.433. The number of aliphatic carboxylic acids is 1. The van der Waals surface area contributed by atoms with Crippen molar-refractivity contribution >= 4 is 29.2 Å². The van der Waals surface area contributed by atoms with Crippen molar-refractivity contribution in [1.29, 1.82) is 0 Å². The molecule has 28 heavy (non-hydrogen) atoms. The van der Waals surface area contributed by atoms with Gasteiger partial charge in [0.15, 0.2) is 0 Å². The Balaban J connectivity index is 0.00000165. The third kappa shape index (κ3) is 13.4. The molecule has 0 aromatic heterocycles. The Labute approximate surface area is 182 Å². The highest BCUT2D eigenvalue weighted by Crippen LogP contribution is 2.30. The second kappa shape index (κ2) is 17.1. The summed E-state index contributed by atoms with van der Waals surface area (Å²) in [5, 5.41) is 10.3. The molecular weight excluding hydrogens is 393 g/mol. The van der Waals surface area contributed by atoms with Crippen molar-refractivity contribution in [3.8, 4) is 0 Å². The largest absolute Gasteiger partial charge is 0.550 e. The zero-order valence-corrected chi connectivity index (χ0v) is 19.7. The molecule has 1 unspecified atom stereocenters. The number of carbonyl (C=O) groups excluding carboxylic acids is 1. The lowest BCUT2D eigenvalue weighted by atomic mass is 9.98. The number of nitrogens with one attached hydrogen (secondary N) is 1. The number of carboxylic acid groups (broad SMARTS) is 1. The van der Waals surface area contributed by atoms with E-state index in [-0.39, 0.29) is 0 Å². The Morgan fingerprint density at radius 3 is 1.89 bits per heavy atom. The Kier molecular flexibility index (Phi) is 16.6. The number of carboxylic acids is 1. The average molecular weight is 432 g/mol. The molecule has 1 rings (SSSR count). The van der Waals surface area contributed by atoms with Crippen LogP contribution in [0.5, 0.6) is 0 Å². The molecular formula is C23H39Cl2NO2. The first-order valence-corrected chi connectivity index (χ1v) is 11.5. The number of hydrogen-bond acceptors (Lipinski definition) is 2. The number of hydrogen-bond donors (Lipinski definition) is 1. The molecule has 1 atom stereocenters. The minimum absolute atomic E-state index is 0.435. The van der Waals surface area contributed by atoms with Gasteiger partial charge in [-0.05, 0) is 19.4 Å². The van der Waals surface area contributed by atoms with Gasteiger partial charge >= 0.3 is 0 Å². The molecule has 0 amide bonds. The van der Waals surface area contributed by atoms with Crippen LogP contribution in [0.2, 0.25) is 10.0 Å². The van der Waals surface area contributed by atoms with Crippen molar-refractivity contribution in [1.82, 2.24) is 0 Å². The monoisotopic (exact) mass is 431 g/mol. The Bertz CT molecular complexity index is 531. The fraction of sp³-hybridized carbons (Fsp3) is 0.696. The number of rotatable bonds is 13. The van der Waals surface area contributed by atoms with Gasteiger partial charge in [0.1, 0.15) is 6.04 Å². The molecule has 1 N–H and O–H groups in total. The maximum atomic E-state index is 8.89. The summed E-state index contributed by atoms with van der Waals surface area (Å²) in [5.41, 5.74) is 1.19. The highest BCUT2D eigenvalue weighted by atomic mass is 35.5. The van der Waals surface area contributed by atoms with Crippen LogP contribution in [-0.2, 0) is 4.79 Å². The van der Waals surface area contributed by atoms with E-state index in [9.17, 15) is 0 Å². The molecule has 0 heterocycles. The molecule has 0 spiro atoms. The SMILES string of the molecule is CC(=O)[O-].CCCCCCCCCCCCC(c1cccc(Cl)c1Cl)[NH+](C)C. The van der Waals surface area contributed by atoms with E-state index in [0.29, 0.717) is 11.1 Å². The summed E-state index contributed by atoms with van der Waals surface area (Å²) in [6, 6.07) is 6.45. The predicted octanol–water partition coefficient (Wildman–Crippen LogP) is 5.25. The lowest BCUT2D eigenvalue weighted by molar-refractivity contribution is -0.892. The summed E-state index contributed by atoms with van der Waals surface area (Å²) in [6.07, 6.45) is 15.0. The van der Waals surface area contributed by atoms with Gasteiger partial charge in [0.05, 0.1) is 24.1 Å². The van der Waals surface area contributed by atoms with Crippen molar-refractivity contribution in [3.05, 3.63) is 33.8 Å². The van der Waals surface area contributed by atoms with E-state index in [1.54, 1.807) is 0 Å². The lowest BCUT2D eigenvalue weighted by Gasteiger charge is -2.23. The zero-order chi connectivity index (χ0) is 21.4. The van der Waals surface area contributed by atoms with Crippen LogP contribution in [0.3, 0.4) is 0 Å². The van der Waals surface area contributed by atoms with E-state index in [0.717, 1.165) is 11.9 Å². The van der Waals surface area contributed by atoms with E-state index >= 15 is 0 Å². The molecule has 0 aliphatic rings. The van der Waals surface area contributed by atoms with Gasteiger partial charge in [0.25, 0.3) is 0 Å². The van der Waals surface area contributed by atoms with Crippen molar-refractivity contribution in [3.63, 3.8) is 0 Å². The Morgan fingerprint density at radius 2 is 1.43 bits per heavy atom. The number of carbonyl (C=O) groups is 1. The summed E-state index contributed by atoms with van der Waals surface area (Å²) >= 11 is 12.6. The van der Waals surface area contributed by atoms with E-state index in [1.165, 1.54) is 81.1 Å². The van der Waals surface area contributed by atoms with E-state index in [1.807, 2.05) is 12.1 Å². The van der Waals surface area contributed by atoms with Gasteiger partial charge in [-0.1, -0.05) is 100 Å². The minimum atomic E-state index is -1.08. The fourth-order valence-corrected chi connectivity index (χ4v) is 3.82. The molecule has 1 aromatic carbocycles. The second-order valence-corrected chi connectivity index (χ2v) is 8.52. The standard InChI is InChI=1S/C21H35Cl2N.C2H4O2/c1-4-5-6-7-8-9-10-11-12-13-17-20(24(2)3)18-15-14-16-19(22)21(18)23;1-2(3)4/h14-16,20H,4-13,17H2,1-3H3;1H3,(H,3,4). The summed E-state index contributed by atoms with van der Waals surface area (Å²) in [5.74, 6) is -1.08. The minimum Gasteiger partial charge on any atom is -0.550 e. The van der Waals surface area contributed by atoms with Gasteiger partial charge in [-0.3, -0.25) is 0 Å². The van der Waals surface area contributed by atoms with Crippen LogP contribution >= 0.6 is 23.2 Å². The van der Waals surface area contributed by atoms with Crippen molar-refractivity contribution in [2.75, 3.05) is 14.1 Å². The summed E-state index contributed by atoms with van der Waals surface area (Å²) in [7, 11) is 4.41. The predicted molar refractivity (Wildman–Crippen MR) is 119 cm³/mol. The molecule has 0 saturated heterocycles. The molecule has 0 fully saturated rings. The van der Waals surface area contributed by atoms with Crippen LogP contribution in [0.4, 0.5) is 0 Å². The molecule has 0 aliphatic carbocycles. The van der Waals surface area contributed by atoms with Crippen molar-refractivity contribution < 1.29 is 14.8 Å². The van der Waals surface area contributed by atoms with Crippen LogP contribution in [0.15, 0.2) is 18.2 Å². The second-order valence-electron chi connectivity index (χ2n) is 7.74. The number of benzene rings is 1. The first kappa shape index (κ1) is 27.2. The third-order valence-corrected chi connectivity index (χ3v) is 5.73. The van der Waals surface area contributed by atoms with E-state index in [4.69, 9.17) is 33.1 Å². The third-order valence-electron chi connectivity index (χ3n) is 4.90. The summed E-state index contributed by atoms with van der Waals surface area (Å²) in [6.45, 7) is 3.25. The number of halogens is 2. The van der Waals surface area contributed by atoms with E-state index < -0.39 is 5.97 Å². The van der Waals surface area contributed by atoms with Gasteiger partial charge < -0.3 is 14.8 Å². The molecule has 5 heteroatoms. The van der Waals surface area contributed by atoms with Crippen LogP contribution in [0.25, 0.3) is 0 Å². The summed E-state index contributed by atoms with van der Waals surface area (Å²) < 4.78 is 0. The Morgan fingerprint density at radius 1 is 0.964 bits per heavy atom. The number of unbranched alkanes of at least 4 members (excludes halogenated alkanes) is 9. The van der Waals surface area contributed by atoms with Gasteiger partial charge in [-0.15, -0.1) is 0 Å². The van der Waals surface area contributed by atoms with Gasteiger partial charge in [-0.2, -0.15) is 0 Å². The van der Waals surface area contributed by atoms with Crippen molar-refractivity contribution in [2.24, 2.45) is 0 Å². The topological polar surface area (TPSA) is 44.6 Å². The normalized spacial score (nSPS) is 11.8. The maximum absolute atomic E-state index is 8.89. The van der Waals surface area contributed by atoms with Crippen LogP contribution in [0.1, 0.15) is 96.1 Å². The highest BCUT2D eigenvalue weighted by molar-refractivity contribution is 6.42. The van der Waals surface area contributed by atoms with Gasteiger partial charge in [0, 0.05) is 18.0 Å². The molecule has 0 radical (unpaired) electrons. The Hall–Kier alpha value is -0.770. The smallest absolute Gasteiger partial charge is 0.114 e. The lowest BCUT2D eigenvalue weighted by Crippen LogP contribution is -3.06. The first-order chi connectivity index (χ1) is 13.3. The van der Waals surface area contributed by atoms with Crippen molar-refractivity contribution in [2.45, 2.75) is 90.5 Å². The van der Waals surface area contributed by atoms with Crippen LogP contribution in [0, 0.1) is 0 Å². The molecule has 1 aromatic rings. The molecule has 3 nitrogen and oxygen atoms in total. The zero-order valence-electron chi connectivity index (χ0n) is 18.2. The first-order valence-electron chi connectivity index (χ1n) is 10.7. The number of quaternary nitrogens is 1. The van der Waals surface area contributed by atoms with E-state index in [2.05, 4.69) is 27.1 Å². The van der Waals surface area contributed by atoms with Crippen LogP contribution < -0.4 is 10.0 Å². The van der Waals surface area contributed by atoms with Gasteiger partial charge in [0.2, 0.25) is 0 Å². The molecule has 0 bridgehead atoms. The molecule has 0 saturated carbocycles. The average Bonchev–Trinajstić information content (AvgIpc) is 2.62. The fourth-order valence-electron chi connectivity index (χ4n) is 3.38. The van der Waals surface area contributed by atoms with Crippen LogP contribution in [-0.4, -0.2) is 20.1 Å². The summed E-state index contributed by atoms with van der Waals surface area (Å²) in [4.78, 5) is 10.3. The highest BCUT2D eigenvalue weighted by Gasteiger charge is 2.21. The molecule has 0 aliphatic heterocycles. The maximum Gasteiger partial charge on any atom is 0.114 e. The van der Waals surface area contributed by atoms with Gasteiger partial charge in [-0.25, -0.2) is 0 Å².